The smallest absolute Gasteiger partial charge is 0.270 e. The molecule has 1 aromatic carbocycles. The van der Waals surface area contributed by atoms with Crippen LogP contribution in [0.1, 0.15) is 45.4 Å². The van der Waals surface area contributed by atoms with Crippen molar-refractivity contribution >= 4 is 23.5 Å². The number of aliphatic imine (C=N–C) groups is 1. The van der Waals surface area contributed by atoms with Gasteiger partial charge in [0.2, 0.25) is 0 Å². The molecule has 2 aliphatic heterocycles. The summed E-state index contributed by atoms with van der Waals surface area (Å²) >= 11 is 0. The van der Waals surface area contributed by atoms with Crippen molar-refractivity contribution in [1.29, 1.82) is 0 Å². The number of nitrogens with zero attached hydrogens (tertiary/aromatic N) is 3. The van der Waals surface area contributed by atoms with E-state index in [0.717, 1.165) is 82.5 Å². The molecule has 1 amide bonds. The summed E-state index contributed by atoms with van der Waals surface area (Å²) in [6.45, 7) is 7.85. The first-order valence-corrected chi connectivity index (χ1v) is 13.5. The largest absolute Gasteiger partial charge is 0.377 e. The van der Waals surface area contributed by atoms with Crippen LogP contribution in [-0.4, -0.2) is 76.2 Å². The highest BCUT2D eigenvalue weighted by atomic mass is 16.6. The van der Waals surface area contributed by atoms with E-state index in [4.69, 9.17) is 14.6 Å². The zero-order valence-corrected chi connectivity index (χ0v) is 22.1. The first-order valence-electron chi connectivity index (χ1n) is 13.5. The van der Waals surface area contributed by atoms with Crippen molar-refractivity contribution in [3.63, 3.8) is 0 Å². The van der Waals surface area contributed by atoms with Crippen LogP contribution in [0, 0.1) is 11.8 Å². The van der Waals surface area contributed by atoms with E-state index in [2.05, 4.69) is 58.0 Å². The minimum absolute atomic E-state index is 0.0118. The highest BCUT2D eigenvalue weighted by molar-refractivity contribution is 5.92. The molecular weight excluding hydrogens is 454 g/mol. The number of hydrogen-bond acceptors (Lipinski definition) is 7. The van der Waals surface area contributed by atoms with Gasteiger partial charge in [0.1, 0.15) is 6.17 Å². The Bertz CT molecular complexity index is 895. The van der Waals surface area contributed by atoms with Gasteiger partial charge in [0, 0.05) is 56.5 Å². The van der Waals surface area contributed by atoms with Crippen LogP contribution < -0.4 is 15.7 Å². The van der Waals surface area contributed by atoms with E-state index >= 15 is 0 Å². The molecule has 3 aliphatic rings. The number of carbonyl (C=O) groups excluding carboxylic acids is 1. The average molecular weight is 498 g/mol. The van der Waals surface area contributed by atoms with Gasteiger partial charge >= 0.3 is 0 Å². The molecule has 2 heterocycles. The molecule has 0 spiro atoms. The number of hydrogen-bond donors (Lipinski definition) is 2. The van der Waals surface area contributed by atoms with Crippen LogP contribution in [0.2, 0.25) is 0 Å². The number of methoxy groups -OCH3 is 1. The third-order valence-electron chi connectivity index (χ3n) is 7.87. The molecule has 1 aliphatic carbocycles. The summed E-state index contributed by atoms with van der Waals surface area (Å²) in [5.41, 5.74) is 5.64. The molecule has 8 nitrogen and oxygen atoms in total. The summed E-state index contributed by atoms with van der Waals surface area (Å²) < 4.78 is 5.56. The van der Waals surface area contributed by atoms with Crippen molar-refractivity contribution in [1.82, 2.24) is 10.4 Å². The number of amides is 1. The maximum absolute atomic E-state index is 12.2. The summed E-state index contributed by atoms with van der Waals surface area (Å²) in [5.74, 6) is 0.769. The Kier molecular flexibility index (Phi) is 9.78. The lowest BCUT2D eigenvalue weighted by atomic mass is 9.81. The summed E-state index contributed by atoms with van der Waals surface area (Å²) in [6.07, 6.45) is 10.3. The minimum Gasteiger partial charge on any atom is -0.377 e. The van der Waals surface area contributed by atoms with Gasteiger partial charge in [-0.2, -0.15) is 0 Å². The normalized spacial score (nSPS) is 27.0. The zero-order valence-electron chi connectivity index (χ0n) is 22.1. The fraction of sp³-hybridized carbons (Fsp3) is 0.643. The van der Waals surface area contributed by atoms with E-state index in [1.54, 1.807) is 7.11 Å². The van der Waals surface area contributed by atoms with Gasteiger partial charge in [-0.1, -0.05) is 6.92 Å². The SMILES string of the molecule is CCN1CCN(c2ccc(NC3CCC(CCC4CC(C(=O)NOC)=CC(OC)C4)C=N3)cc2)CC1. The van der Waals surface area contributed by atoms with Crippen LogP contribution in [0.3, 0.4) is 0 Å². The van der Waals surface area contributed by atoms with Crippen molar-refractivity contribution in [3.8, 4) is 0 Å². The van der Waals surface area contributed by atoms with Gasteiger partial charge in [-0.25, -0.2) is 5.48 Å². The van der Waals surface area contributed by atoms with E-state index in [1.165, 1.54) is 12.8 Å². The molecule has 0 aromatic heterocycles. The molecule has 8 heteroatoms. The Balaban J connectivity index is 1.21. The summed E-state index contributed by atoms with van der Waals surface area (Å²) in [4.78, 5) is 26.8. The van der Waals surface area contributed by atoms with Crippen LogP contribution in [0.4, 0.5) is 11.4 Å². The molecular formula is C28H43N5O3. The monoisotopic (exact) mass is 497 g/mol. The molecule has 36 heavy (non-hydrogen) atoms. The first kappa shape index (κ1) is 26.6. The highest BCUT2D eigenvalue weighted by Crippen LogP contribution is 2.32. The predicted molar refractivity (Wildman–Crippen MR) is 145 cm³/mol. The van der Waals surface area contributed by atoms with Gasteiger partial charge in [0.25, 0.3) is 5.91 Å². The number of benzene rings is 1. The number of rotatable bonds is 10. The van der Waals surface area contributed by atoms with Crippen LogP contribution >= 0.6 is 0 Å². The second-order valence-electron chi connectivity index (χ2n) is 10.2. The van der Waals surface area contributed by atoms with Crippen molar-refractivity contribution in [2.75, 3.05) is 57.2 Å². The second kappa shape index (κ2) is 13.2. The van der Waals surface area contributed by atoms with E-state index in [1.807, 2.05) is 6.08 Å². The predicted octanol–water partition coefficient (Wildman–Crippen LogP) is 3.86. The quantitative estimate of drug-likeness (QED) is 0.478. The number of piperazine rings is 1. The van der Waals surface area contributed by atoms with E-state index < -0.39 is 0 Å². The van der Waals surface area contributed by atoms with Crippen molar-refractivity contribution in [2.24, 2.45) is 16.8 Å². The van der Waals surface area contributed by atoms with E-state index in [-0.39, 0.29) is 18.2 Å². The van der Waals surface area contributed by atoms with Gasteiger partial charge in [-0.3, -0.25) is 14.6 Å². The lowest BCUT2D eigenvalue weighted by Crippen LogP contribution is -2.46. The van der Waals surface area contributed by atoms with Gasteiger partial charge < -0.3 is 19.9 Å². The van der Waals surface area contributed by atoms with Crippen LogP contribution in [-0.2, 0) is 14.4 Å². The molecule has 198 valence electrons. The summed E-state index contributed by atoms with van der Waals surface area (Å²) in [7, 11) is 3.17. The molecule has 1 aromatic rings. The third kappa shape index (κ3) is 7.31. The molecule has 0 radical (unpaired) electrons. The molecule has 0 saturated carbocycles. The fourth-order valence-electron chi connectivity index (χ4n) is 5.60. The van der Waals surface area contributed by atoms with Crippen molar-refractivity contribution < 1.29 is 14.4 Å². The summed E-state index contributed by atoms with van der Waals surface area (Å²) in [5, 5.41) is 3.59. The average Bonchev–Trinajstić information content (AvgIpc) is 2.93. The molecule has 4 rings (SSSR count). The van der Waals surface area contributed by atoms with E-state index in [9.17, 15) is 4.79 Å². The maximum Gasteiger partial charge on any atom is 0.270 e. The van der Waals surface area contributed by atoms with Crippen molar-refractivity contribution in [3.05, 3.63) is 35.9 Å². The number of anilines is 2. The van der Waals surface area contributed by atoms with Gasteiger partial charge in [0.15, 0.2) is 0 Å². The maximum atomic E-state index is 12.2. The molecule has 4 unspecified atom stereocenters. The van der Waals surface area contributed by atoms with Gasteiger partial charge in [-0.15, -0.1) is 0 Å². The first-order chi connectivity index (χ1) is 17.6. The van der Waals surface area contributed by atoms with E-state index in [0.29, 0.717) is 11.8 Å². The highest BCUT2D eigenvalue weighted by Gasteiger charge is 2.27. The van der Waals surface area contributed by atoms with Crippen LogP contribution in [0.15, 0.2) is 40.9 Å². The van der Waals surface area contributed by atoms with Gasteiger partial charge in [-0.05, 0) is 87.2 Å². The molecule has 4 atom stereocenters. The minimum atomic E-state index is -0.163. The Morgan fingerprint density at radius 2 is 1.86 bits per heavy atom. The number of ether oxygens (including phenoxy) is 1. The molecule has 2 N–H and O–H groups in total. The van der Waals surface area contributed by atoms with Crippen molar-refractivity contribution in [2.45, 2.75) is 57.7 Å². The molecule has 1 fully saturated rings. The third-order valence-corrected chi connectivity index (χ3v) is 7.87. The zero-order chi connectivity index (χ0) is 25.3. The van der Waals surface area contributed by atoms with Crippen LogP contribution in [0.25, 0.3) is 0 Å². The van der Waals surface area contributed by atoms with Crippen LogP contribution in [0.5, 0.6) is 0 Å². The Morgan fingerprint density at radius 1 is 1.08 bits per heavy atom. The number of carbonyl (C=O) groups is 1. The lowest BCUT2D eigenvalue weighted by molar-refractivity contribution is -0.127. The van der Waals surface area contributed by atoms with Gasteiger partial charge in [0.05, 0.1) is 13.2 Å². The lowest BCUT2D eigenvalue weighted by Gasteiger charge is -2.35. The number of hydroxylamine groups is 1. The number of likely N-dealkylation sites (N-methyl/N-ethyl adjacent to an activating group) is 1. The molecule has 0 bridgehead atoms. The Hall–Kier alpha value is -2.42. The topological polar surface area (TPSA) is 78.4 Å². The summed E-state index contributed by atoms with van der Waals surface area (Å²) in [6, 6.07) is 8.82. The number of nitrogens with one attached hydrogen (secondary N) is 2. The molecule has 1 saturated heterocycles. The Morgan fingerprint density at radius 3 is 2.50 bits per heavy atom. The standard InChI is InChI=1S/C28H43N5O3/c1-4-32-13-15-33(16-14-32)25-10-8-24(9-11-25)30-27-12-7-21(20-29-27)5-6-22-17-23(28(34)31-36-3)19-26(18-22)35-2/h8-11,19-22,26-27,30H,4-7,12-18H2,1-3H3,(H,31,34). The Labute approximate surface area is 216 Å². The fourth-order valence-corrected chi connectivity index (χ4v) is 5.60. The second-order valence-corrected chi connectivity index (χ2v) is 10.2.